The number of thioether (sulfide) groups is 1. The molecule has 0 saturated heterocycles. The van der Waals surface area contributed by atoms with E-state index in [1.807, 2.05) is 46.4 Å². The molecular weight excluding hydrogens is 260 g/mol. The number of hydrogen-bond donors (Lipinski definition) is 0. The molecule has 0 aliphatic rings. The zero-order valence-corrected chi connectivity index (χ0v) is 11.0. The van der Waals surface area contributed by atoms with Gasteiger partial charge in [-0.3, -0.25) is 4.57 Å². The van der Waals surface area contributed by atoms with Crippen LogP contribution in [0.15, 0.2) is 48.5 Å². The highest BCUT2D eigenvalue weighted by atomic mass is 32.2. The van der Waals surface area contributed by atoms with Crippen molar-refractivity contribution in [2.45, 2.75) is 0 Å². The predicted octanol–water partition coefficient (Wildman–Crippen LogP) is 4.14. The zero-order valence-electron chi connectivity index (χ0n) is 9.33. The fraction of sp³-hybridized carbons (Fsp3) is 0. The van der Waals surface area contributed by atoms with Crippen molar-refractivity contribution in [1.82, 2.24) is 4.57 Å². The summed E-state index contributed by atoms with van der Waals surface area (Å²) in [6, 6.07) is 16.2. The van der Waals surface area contributed by atoms with Crippen LogP contribution < -0.4 is 0 Å². The number of thiocyanates is 1. The molecule has 0 bridgehead atoms. The number of fused-ring (bicyclic) bond motifs is 3. The first kappa shape index (κ1) is 11.3. The van der Waals surface area contributed by atoms with Gasteiger partial charge in [0.2, 0.25) is 0 Å². The minimum absolute atomic E-state index is 0.565. The largest absolute Gasteiger partial charge is 0.294 e. The molecule has 0 unspecified atom stereocenters. The summed E-state index contributed by atoms with van der Waals surface area (Å²) >= 11 is 6.35. The molecule has 0 spiro atoms. The average Bonchev–Trinajstić information content (AvgIpc) is 2.73. The number of para-hydroxylation sites is 2. The molecule has 0 saturated carbocycles. The second kappa shape index (κ2) is 4.45. The second-order valence-corrected chi connectivity index (χ2v) is 5.25. The van der Waals surface area contributed by atoms with Gasteiger partial charge >= 0.3 is 0 Å². The molecular formula is C14H8N2S2. The van der Waals surface area contributed by atoms with E-state index in [1.54, 1.807) is 0 Å². The molecule has 0 N–H and O–H groups in total. The molecule has 18 heavy (non-hydrogen) atoms. The SMILES string of the molecule is N#CSC(=S)n1c2ccccc2c2ccccc21. The third-order valence-corrected chi connectivity index (χ3v) is 3.78. The minimum atomic E-state index is 0.565. The summed E-state index contributed by atoms with van der Waals surface area (Å²) in [5, 5.41) is 13.2. The smallest absolute Gasteiger partial charge is 0.160 e. The van der Waals surface area contributed by atoms with Crippen LogP contribution in [0.5, 0.6) is 0 Å². The standard InChI is InChI=1S/C14H8N2S2/c15-9-18-14(17)16-12-7-3-1-5-10(12)11-6-2-4-8-13(11)16/h1-8H. The first-order valence-electron chi connectivity index (χ1n) is 5.41. The van der Waals surface area contributed by atoms with Crippen LogP contribution in [0.25, 0.3) is 21.8 Å². The number of aromatic nitrogens is 1. The number of nitriles is 1. The molecule has 1 aromatic heterocycles. The van der Waals surface area contributed by atoms with Crippen LogP contribution >= 0.6 is 24.0 Å². The zero-order chi connectivity index (χ0) is 12.5. The number of rotatable bonds is 0. The van der Waals surface area contributed by atoms with Gasteiger partial charge in [0.1, 0.15) is 5.40 Å². The summed E-state index contributed by atoms with van der Waals surface area (Å²) in [4.78, 5) is 0. The molecule has 2 aromatic carbocycles. The maximum Gasteiger partial charge on any atom is 0.160 e. The monoisotopic (exact) mass is 268 g/mol. The van der Waals surface area contributed by atoms with Gasteiger partial charge in [-0.1, -0.05) is 48.6 Å². The molecule has 3 rings (SSSR count). The van der Waals surface area contributed by atoms with Crippen LogP contribution in [0.4, 0.5) is 0 Å². The van der Waals surface area contributed by atoms with Gasteiger partial charge in [-0.25, -0.2) is 0 Å². The van der Waals surface area contributed by atoms with Crippen molar-refractivity contribution in [2.75, 3.05) is 0 Å². The molecule has 3 aromatic rings. The molecule has 0 fully saturated rings. The number of hydrogen-bond acceptors (Lipinski definition) is 3. The van der Waals surface area contributed by atoms with E-state index in [0.717, 1.165) is 33.6 Å². The number of nitrogens with zero attached hydrogens (tertiary/aromatic N) is 2. The molecule has 86 valence electrons. The van der Waals surface area contributed by atoms with E-state index in [-0.39, 0.29) is 0 Å². The van der Waals surface area contributed by atoms with E-state index in [1.165, 1.54) is 0 Å². The fourth-order valence-corrected chi connectivity index (χ4v) is 2.88. The Hall–Kier alpha value is -1.83. The van der Waals surface area contributed by atoms with Gasteiger partial charge in [-0.05, 0) is 12.1 Å². The minimum Gasteiger partial charge on any atom is -0.294 e. The Balaban J connectivity index is 2.46. The lowest BCUT2D eigenvalue weighted by Crippen LogP contribution is -2.02. The first-order valence-corrected chi connectivity index (χ1v) is 6.64. The predicted molar refractivity (Wildman–Crippen MR) is 80.6 cm³/mol. The molecule has 2 nitrogen and oxygen atoms in total. The van der Waals surface area contributed by atoms with Gasteiger partial charge < -0.3 is 0 Å². The van der Waals surface area contributed by atoms with Crippen LogP contribution in [0.1, 0.15) is 0 Å². The lowest BCUT2D eigenvalue weighted by Gasteiger charge is -2.04. The Morgan fingerprint density at radius 3 is 2.00 bits per heavy atom. The molecule has 0 aliphatic carbocycles. The van der Waals surface area contributed by atoms with E-state index in [9.17, 15) is 0 Å². The summed E-state index contributed by atoms with van der Waals surface area (Å²) < 4.78 is 2.53. The first-order chi connectivity index (χ1) is 8.83. The van der Waals surface area contributed by atoms with Crippen molar-refractivity contribution in [3.63, 3.8) is 0 Å². The topological polar surface area (TPSA) is 28.7 Å². The maximum absolute atomic E-state index is 8.79. The van der Waals surface area contributed by atoms with Crippen LogP contribution in [-0.2, 0) is 0 Å². The van der Waals surface area contributed by atoms with E-state index >= 15 is 0 Å². The summed E-state index contributed by atoms with van der Waals surface area (Å²) in [5.41, 5.74) is 2.10. The highest BCUT2D eigenvalue weighted by molar-refractivity contribution is 8.26. The summed E-state index contributed by atoms with van der Waals surface area (Å²) in [6.45, 7) is 0. The highest BCUT2D eigenvalue weighted by Gasteiger charge is 2.12. The van der Waals surface area contributed by atoms with Crippen molar-refractivity contribution in [2.24, 2.45) is 0 Å². The van der Waals surface area contributed by atoms with E-state index in [4.69, 9.17) is 17.5 Å². The normalized spacial score (nSPS) is 10.6. The van der Waals surface area contributed by atoms with Crippen LogP contribution in [-0.4, -0.2) is 8.89 Å². The number of benzene rings is 2. The van der Waals surface area contributed by atoms with Gasteiger partial charge in [0, 0.05) is 22.5 Å². The Labute approximate surface area is 114 Å². The fourth-order valence-electron chi connectivity index (χ4n) is 2.20. The second-order valence-electron chi connectivity index (χ2n) is 3.83. The Bertz CT molecular complexity index is 743. The third kappa shape index (κ3) is 1.60. The van der Waals surface area contributed by atoms with Crippen molar-refractivity contribution in [3.8, 4) is 5.40 Å². The molecule has 0 aliphatic heterocycles. The summed E-state index contributed by atoms with van der Waals surface area (Å²) in [5.74, 6) is 0. The molecule has 4 heteroatoms. The lowest BCUT2D eigenvalue weighted by molar-refractivity contribution is 1.35. The molecule has 0 amide bonds. The van der Waals surface area contributed by atoms with Gasteiger partial charge in [0.15, 0.2) is 4.32 Å². The summed E-state index contributed by atoms with van der Waals surface area (Å²) in [7, 11) is 0. The number of thiocarbonyl (C=S) groups is 1. The van der Waals surface area contributed by atoms with Crippen molar-refractivity contribution < 1.29 is 0 Å². The van der Waals surface area contributed by atoms with E-state index in [2.05, 4.69) is 12.1 Å². The molecule has 0 radical (unpaired) electrons. The van der Waals surface area contributed by atoms with Gasteiger partial charge in [0.05, 0.1) is 11.0 Å². The molecule has 0 atom stereocenters. The third-order valence-electron chi connectivity index (χ3n) is 2.90. The van der Waals surface area contributed by atoms with Crippen LogP contribution in [0, 0.1) is 10.7 Å². The van der Waals surface area contributed by atoms with Crippen molar-refractivity contribution >= 4 is 50.1 Å². The van der Waals surface area contributed by atoms with Crippen LogP contribution in [0.3, 0.4) is 0 Å². The van der Waals surface area contributed by atoms with E-state index < -0.39 is 0 Å². The lowest BCUT2D eigenvalue weighted by atomic mass is 10.2. The van der Waals surface area contributed by atoms with E-state index in [0.29, 0.717) is 4.32 Å². The molecule has 1 heterocycles. The van der Waals surface area contributed by atoms with Gasteiger partial charge in [-0.2, -0.15) is 5.26 Å². The average molecular weight is 268 g/mol. The Morgan fingerprint density at radius 2 is 1.50 bits per heavy atom. The van der Waals surface area contributed by atoms with Crippen molar-refractivity contribution in [1.29, 1.82) is 5.26 Å². The Kier molecular flexibility index (Phi) is 2.78. The van der Waals surface area contributed by atoms with Gasteiger partial charge in [0.25, 0.3) is 0 Å². The van der Waals surface area contributed by atoms with Crippen LogP contribution in [0.2, 0.25) is 0 Å². The van der Waals surface area contributed by atoms with Gasteiger partial charge in [-0.15, -0.1) is 0 Å². The summed E-state index contributed by atoms with van der Waals surface area (Å²) in [6.07, 6.45) is 0. The Morgan fingerprint density at radius 1 is 1.00 bits per heavy atom. The highest BCUT2D eigenvalue weighted by Crippen LogP contribution is 2.30. The van der Waals surface area contributed by atoms with Crippen molar-refractivity contribution in [3.05, 3.63) is 48.5 Å². The quantitative estimate of drug-likeness (QED) is 0.453. The maximum atomic E-state index is 8.79.